The van der Waals surface area contributed by atoms with Crippen molar-refractivity contribution in [2.75, 3.05) is 20.6 Å². The number of carboxylic acids is 1. The predicted molar refractivity (Wildman–Crippen MR) is 58.4 cm³/mol. The van der Waals surface area contributed by atoms with Crippen molar-refractivity contribution in [3.8, 4) is 0 Å². The molecule has 0 saturated carbocycles. The van der Waals surface area contributed by atoms with Gasteiger partial charge in [-0.2, -0.15) is 0 Å². The summed E-state index contributed by atoms with van der Waals surface area (Å²) in [7, 11) is 3.85. The van der Waals surface area contributed by atoms with Crippen molar-refractivity contribution in [2.45, 2.75) is 33.1 Å². The summed E-state index contributed by atoms with van der Waals surface area (Å²) >= 11 is 0. The lowest BCUT2D eigenvalue weighted by molar-refractivity contribution is -0.144. The van der Waals surface area contributed by atoms with Crippen LogP contribution < -0.4 is 0 Å². The van der Waals surface area contributed by atoms with E-state index in [9.17, 15) is 4.79 Å². The van der Waals surface area contributed by atoms with Crippen molar-refractivity contribution in [2.24, 2.45) is 11.8 Å². The second-order valence-electron chi connectivity index (χ2n) is 4.16. The summed E-state index contributed by atoms with van der Waals surface area (Å²) in [6.45, 7) is 4.83. The quantitative estimate of drug-likeness (QED) is 0.685. The van der Waals surface area contributed by atoms with Gasteiger partial charge in [0.25, 0.3) is 0 Å². The minimum atomic E-state index is -0.654. The molecule has 0 bridgehead atoms. The standard InChI is InChI=1S/C11H23NO2/c1-5-7-9(6-2)10(11(13)14)8-12(3)4/h9-10H,5-8H2,1-4H3,(H,13,14). The van der Waals surface area contributed by atoms with Crippen LogP contribution in [-0.2, 0) is 4.79 Å². The van der Waals surface area contributed by atoms with Crippen LogP contribution >= 0.6 is 0 Å². The molecule has 0 aromatic rings. The van der Waals surface area contributed by atoms with E-state index < -0.39 is 5.97 Å². The predicted octanol–water partition coefficient (Wildman–Crippen LogP) is 2.08. The van der Waals surface area contributed by atoms with Crippen LogP contribution in [0, 0.1) is 11.8 Å². The van der Waals surface area contributed by atoms with E-state index in [2.05, 4.69) is 13.8 Å². The zero-order valence-corrected chi connectivity index (χ0v) is 9.79. The van der Waals surface area contributed by atoms with Gasteiger partial charge >= 0.3 is 5.97 Å². The molecule has 0 amide bonds. The van der Waals surface area contributed by atoms with Gasteiger partial charge in [0.2, 0.25) is 0 Å². The molecule has 0 aliphatic carbocycles. The molecule has 0 aliphatic rings. The van der Waals surface area contributed by atoms with Crippen LogP contribution in [-0.4, -0.2) is 36.6 Å². The lowest BCUT2D eigenvalue weighted by atomic mass is 9.86. The van der Waals surface area contributed by atoms with Crippen LogP contribution in [0.5, 0.6) is 0 Å². The van der Waals surface area contributed by atoms with Crippen molar-refractivity contribution in [1.82, 2.24) is 4.90 Å². The van der Waals surface area contributed by atoms with Crippen LogP contribution in [0.3, 0.4) is 0 Å². The van der Waals surface area contributed by atoms with Crippen molar-refractivity contribution in [1.29, 1.82) is 0 Å². The largest absolute Gasteiger partial charge is 0.481 e. The second-order valence-corrected chi connectivity index (χ2v) is 4.16. The van der Waals surface area contributed by atoms with Crippen LogP contribution in [0.15, 0.2) is 0 Å². The van der Waals surface area contributed by atoms with E-state index in [-0.39, 0.29) is 5.92 Å². The minimum absolute atomic E-state index is 0.213. The minimum Gasteiger partial charge on any atom is -0.481 e. The van der Waals surface area contributed by atoms with Gasteiger partial charge in [0, 0.05) is 6.54 Å². The zero-order valence-electron chi connectivity index (χ0n) is 9.79. The lowest BCUT2D eigenvalue weighted by Gasteiger charge is -2.25. The van der Waals surface area contributed by atoms with Crippen LogP contribution in [0.2, 0.25) is 0 Å². The first-order valence-corrected chi connectivity index (χ1v) is 5.40. The van der Waals surface area contributed by atoms with Crippen LogP contribution in [0.4, 0.5) is 0 Å². The maximum Gasteiger partial charge on any atom is 0.308 e. The summed E-state index contributed by atoms with van der Waals surface area (Å²) in [4.78, 5) is 13.0. The summed E-state index contributed by atoms with van der Waals surface area (Å²) in [6, 6.07) is 0. The molecule has 3 heteroatoms. The molecule has 14 heavy (non-hydrogen) atoms. The molecular weight excluding hydrogens is 178 g/mol. The Morgan fingerprint density at radius 2 is 1.93 bits per heavy atom. The van der Waals surface area contributed by atoms with E-state index in [0.29, 0.717) is 12.5 Å². The Bertz CT molecular complexity index is 169. The average molecular weight is 201 g/mol. The third kappa shape index (κ3) is 4.61. The number of hydrogen-bond donors (Lipinski definition) is 1. The Morgan fingerprint density at radius 3 is 2.21 bits per heavy atom. The SMILES string of the molecule is CCCC(CC)C(CN(C)C)C(=O)O. The van der Waals surface area contributed by atoms with Gasteiger partial charge in [-0.25, -0.2) is 0 Å². The van der Waals surface area contributed by atoms with Gasteiger partial charge in [0.05, 0.1) is 5.92 Å². The van der Waals surface area contributed by atoms with Crippen molar-refractivity contribution in [3.63, 3.8) is 0 Å². The number of hydrogen-bond acceptors (Lipinski definition) is 2. The highest BCUT2D eigenvalue weighted by atomic mass is 16.4. The average Bonchev–Trinajstić information content (AvgIpc) is 2.10. The number of rotatable bonds is 7. The Balaban J connectivity index is 4.35. The number of nitrogens with zero attached hydrogens (tertiary/aromatic N) is 1. The van der Waals surface area contributed by atoms with E-state index in [4.69, 9.17) is 5.11 Å². The molecule has 0 heterocycles. The highest BCUT2D eigenvalue weighted by Gasteiger charge is 2.26. The van der Waals surface area contributed by atoms with Crippen molar-refractivity contribution in [3.05, 3.63) is 0 Å². The van der Waals surface area contributed by atoms with Gasteiger partial charge in [-0.1, -0.05) is 26.7 Å². The number of aliphatic carboxylic acids is 1. The molecule has 1 N–H and O–H groups in total. The Hall–Kier alpha value is -0.570. The molecular formula is C11H23NO2. The van der Waals surface area contributed by atoms with Gasteiger partial charge < -0.3 is 10.0 Å². The van der Waals surface area contributed by atoms with E-state index in [0.717, 1.165) is 19.3 Å². The van der Waals surface area contributed by atoms with Crippen LogP contribution in [0.25, 0.3) is 0 Å². The fourth-order valence-electron chi connectivity index (χ4n) is 1.88. The maximum atomic E-state index is 11.1. The zero-order chi connectivity index (χ0) is 11.1. The highest BCUT2D eigenvalue weighted by Crippen LogP contribution is 2.22. The van der Waals surface area contributed by atoms with Crippen molar-refractivity contribution >= 4 is 5.97 Å². The van der Waals surface area contributed by atoms with Crippen molar-refractivity contribution < 1.29 is 9.90 Å². The van der Waals surface area contributed by atoms with Gasteiger partial charge in [-0.05, 0) is 26.4 Å². The summed E-state index contributed by atoms with van der Waals surface area (Å²) in [5.74, 6) is -0.547. The van der Waals surface area contributed by atoms with Gasteiger partial charge in [-0.15, -0.1) is 0 Å². The molecule has 0 rings (SSSR count). The molecule has 0 aromatic heterocycles. The first-order valence-electron chi connectivity index (χ1n) is 5.40. The first-order chi connectivity index (χ1) is 6.52. The summed E-state index contributed by atoms with van der Waals surface area (Å²) in [6.07, 6.45) is 3.04. The van der Waals surface area contributed by atoms with Crippen LogP contribution in [0.1, 0.15) is 33.1 Å². The molecule has 0 radical (unpaired) electrons. The Kier molecular flexibility index (Phi) is 6.54. The molecule has 0 saturated heterocycles. The fourth-order valence-corrected chi connectivity index (χ4v) is 1.88. The fraction of sp³-hybridized carbons (Fsp3) is 0.909. The molecule has 0 spiro atoms. The number of carboxylic acid groups (broad SMARTS) is 1. The lowest BCUT2D eigenvalue weighted by Crippen LogP contribution is -2.33. The van der Waals surface area contributed by atoms with E-state index in [1.54, 1.807) is 0 Å². The van der Waals surface area contributed by atoms with Gasteiger partial charge in [0.15, 0.2) is 0 Å². The van der Waals surface area contributed by atoms with E-state index in [1.807, 2.05) is 19.0 Å². The van der Waals surface area contributed by atoms with Gasteiger partial charge in [-0.3, -0.25) is 4.79 Å². The summed E-state index contributed by atoms with van der Waals surface area (Å²) in [5.41, 5.74) is 0. The highest BCUT2D eigenvalue weighted by molar-refractivity contribution is 5.70. The molecule has 84 valence electrons. The third-order valence-corrected chi connectivity index (χ3v) is 2.63. The molecule has 3 nitrogen and oxygen atoms in total. The number of carbonyl (C=O) groups is 1. The molecule has 0 aromatic carbocycles. The maximum absolute atomic E-state index is 11.1. The van der Waals surface area contributed by atoms with Gasteiger partial charge in [0.1, 0.15) is 0 Å². The Labute approximate surface area is 87.1 Å². The van der Waals surface area contributed by atoms with E-state index >= 15 is 0 Å². The first kappa shape index (κ1) is 13.4. The second kappa shape index (κ2) is 6.82. The van der Waals surface area contributed by atoms with E-state index in [1.165, 1.54) is 0 Å². The molecule has 2 atom stereocenters. The third-order valence-electron chi connectivity index (χ3n) is 2.63. The topological polar surface area (TPSA) is 40.5 Å². The molecule has 0 fully saturated rings. The summed E-state index contributed by atoms with van der Waals surface area (Å²) in [5, 5.41) is 9.12. The smallest absolute Gasteiger partial charge is 0.308 e. The normalized spacial score (nSPS) is 15.5. The Morgan fingerprint density at radius 1 is 1.36 bits per heavy atom. The monoisotopic (exact) mass is 201 g/mol. The molecule has 2 unspecified atom stereocenters. The summed E-state index contributed by atoms with van der Waals surface area (Å²) < 4.78 is 0. The molecule has 0 aliphatic heterocycles.